The Balaban J connectivity index is 2.83. The lowest BCUT2D eigenvalue weighted by atomic mass is 10.2. The quantitative estimate of drug-likeness (QED) is 0.748. The molecule has 3 nitrogen and oxygen atoms in total. The fraction of sp³-hybridized carbons (Fsp3) is 0.615. The topological polar surface area (TPSA) is 29.9 Å². The van der Waals surface area contributed by atoms with Gasteiger partial charge in [-0.3, -0.25) is 4.68 Å². The molecule has 1 aromatic heterocycles. The maximum Gasteiger partial charge on any atom is 0.0641 e. The van der Waals surface area contributed by atoms with Crippen LogP contribution in [0.5, 0.6) is 0 Å². The molecular weight excluding hydrogens is 198 g/mol. The van der Waals surface area contributed by atoms with E-state index >= 15 is 0 Å². The van der Waals surface area contributed by atoms with Crippen LogP contribution in [0.25, 0.3) is 0 Å². The van der Waals surface area contributed by atoms with Crippen molar-refractivity contribution in [3.05, 3.63) is 29.1 Å². The van der Waals surface area contributed by atoms with Crippen LogP contribution in [0, 0.1) is 13.8 Å². The zero-order valence-corrected chi connectivity index (χ0v) is 10.9. The molecule has 0 saturated carbocycles. The summed E-state index contributed by atoms with van der Waals surface area (Å²) < 4.78 is 2.06. The van der Waals surface area contributed by atoms with Gasteiger partial charge in [-0.2, -0.15) is 5.10 Å². The van der Waals surface area contributed by atoms with Crippen molar-refractivity contribution in [1.29, 1.82) is 0 Å². The fourth-order valence-electron chi connectivity index (χ4n) is 1.72. The Labute approximate surface area is 98.5 Å². The van der Waals surface area contributed by atoms with Crippen molar-refractivity contribution in [2.45, 2.75) is 47.2 Å². The first-order chi connectivity index (χ1) is 7.60. The fourth-order valence-corrected chi connectivity index (χ4v) is 1.72. The minimum absolute atomic E-state index is 0.843. The van der Waals surface area contributed by atoms with Gasteiger partial charge in [0, 0.05) is 17.8 Å². The SMILES string of the molecule is C=C(CC)Cn1nc(C)c(CNCC)c1C. The molecule has 0 aromatic carbocycles. The van der Waals surface area contributed by atoms with E-state index in [2.05, 4.69) is 49.4 Å². The average Bonchev–Trinajstić information content (AvgIpc) is 2.52. The van der Waals surface area contributed by atoms with E-state index in [1.54, 1.807) is 0 Å². The predicted molar refractivity (Wildman–Crippen MR) is 68.5 cm³/mol. The molecule has 1 heterocycles. The molecule has 0 fully saturated rings. The molecule has 16 heavy (non-hydrogen) atoms. The van der Waals surface area contributed by atoms with Crippen molar-refractivity contribution in [1.82, 2.24) is 15.1 Å². The highest BCUT2D eigenvalue weighted by Crippen LogP contribution is 2.14. The highest BCUT2D eigenvalue weighted by molar-refractivity contribution is 5.24. The maximum absolute atomic E-state index is 4.57. The number of nitrogens with one attached hydrogen (secondary N) is 1. The lowest BCUT2D eigenvalue weighted by molar-refractivity contribution is 0.637. The van der Waals surface area contributed by atoms with Crippen LogP contribution in [0.1, 0.15) is 37.2 Å². The molecule has 90 valence electrons. The molecule has 1 aromatic rings. The number of rotatable bonds is 6. The van der Waals surface area contributed by atoms with Crippen LogP contribution >= 0.6 is 0 Å². The van der Waals surface area contributed by atoms with Crippen LogP contribution in [0.15, 0.2) is 12.2 Å². The van der Waals surface area contributed by atoms with Gasteiger partial charge in [0.2, 0.25) is 0 Å². The summed E-state index contributed by atoms with van der Waals surface area (Å²) in [5, 5.41) is 7.92. The summed E-state index contributed by atoms with van der Waals surface area (Å²) in [5.41, 5.74) is 4.93. The van der Waals surface area contributed by atoms with Crippen molar-refractivity contribution in [3.8, 4) is 0 Å². The Morgan fingerprint density at radius 2 is 2.06 bits per heavy atom. The largest absolute Gasteiger partial charge is 0.313 e. The molecular formula is C13H23N3. The van der Waals surface area contributed by atoms with Crippen LogP contribution in [-0.2, 0) is 13.1 Å². The molecule has 0 aliphatic carbocycles. The lowest BCUT2D eigenvalue weighted by Crippen LogP contribution is -2.13. The number of hydrogen-bond donors (Lipinski definition) is 1. The monoisotopic (exact) mass is 221 g/mol. The molecule has 3 heteroatoms. The van der Waals surface area contributed by atoms with Gasteiger partial charge in [0.25, 0.3) is 0 Å². The van der Waals surface area contributed by atoms with E-state index in [1.165, 1.54) is 16.8 Å². The van der Waals surface area contributed by atoms with Crippen LogP contribution in [-0.4, -0.2) is 16.3 Å². The van der Waals surface area contributed by atoms with Crippen molar-refractivity contribution >= 4 is 0 Å². The van der Waals surface area contributed by atoms with Gasteiger partial charge in [-0.1, -0.05) is 26.0 Å². The molecule has 0 saturated heterocycles. The second kappa shape index (κ2) is 5.85. The number of aryl methyl sites for hydroxylation is 1. The molecule has 0 unspecified atom stereocenters. The van der Waals surface area contributed by atoms with Crippen molar-refractivity contribution in [3.63, 3.8) is 0 Å². The molecule has 1 rings (SSSR count). The molecule has 0 aliphatic heterocycles. The van der Waals surface area contributed by atoms with E-state index in [1.807, 2.05) is 0 Å². The molecule has 0 aliphatic rings. The standard InChI is InChI=1S/C13H23N3/c1-6-10(3)9-16-12(5)13(8-14-7-2)11(4)15-16/h14H,3,6-9H2,1-2,4-5H3. The third-order valence-corrected chi connectivity index (χ3v) is 2.96. The smallest absolute Gasteiger partial charge is 0.0641 e. The Bertz CT molecular complexity index is 363. The summed E-state index contributed by atoms with van der Waals surface area (Å²) >= 11 is 0. The second-order valence-corrected chi connectivity index (χ2v) is 4.19. The number of allylic oxidation sites excluding steroid dienone is 1. The van der Waals surface area contributed by atoms with E-state index < -0.39 is 0 Å². The van der Waals surface area contributed by atoms with Crippen molar-refractivity contribution < 1.29 is 0 Å². The van der Waals surface area contributed by atoms with Crippen molar-refractivity contribution in [2.75, 3.05) is 6.54 Å². The Morgan fingerprint density at radius 1 is 1.38 bits per heavy atom. The Kier molecular flexibility index (Phi) is 4.74. The summed E-state index contributed by atoms with van der Waals surface area (Å²) in [6, 6.07) is 0. The van der Waals surface area contributed by atoms with Gasteiger partial charge in [0.05, 0.1) is 12.2 Å². The third-order valence-electron chi connectivity index (χ3n) is 2.96. The third kappa shape index (κ3) is 2.95. The van der Waals surface area contributed by atoms with Gasteiger partial charge in [0.1, 0.15) is 0 Å². The molecule has 1 N–H and O–H groups in total. The highest BCUT2D eigenvalue weighted by atomic mass is 15.3. The van der Waals surface area contributed by atoms with Gasteiger partial charge in [-0.05, 0) is 26.8 Å². The summed E-state index contributed by atoms with van der Waals surface area (Å²) in [7, 11) is 0. The summed E-state index contributed by atoms with van der Waals surface area (Å²) in [4.78, 5) is 0. The van der Waals surface area contributed by atoms with Crippen LogP contribution in [0.2, 0.25) is 0 Å². The zero-order valence-electron chi connectivity index (χ0n) is 10.9. The normalized spacial score (nSPS) is 10.8. The summed E-state index contributed by atoms with van der Waals surface area (Å²) in [5.74, 6) is 0. The minimum atomic E-state index is 0.843. The van der Waals surface area contributed by atoms with Gasteiger partial charge in [-0.15, -0.1) is 0 Å². The summed E-state index contributed by atoms with van der Waals surface area (Å²) in [6.45, 7) is 15.2. The van der Waals surface area contributed by atoms with Gasteiger partial charge in [0.15, 0.2) is 0 Å². The number of aromatic nitrogens is 2. The van der Waals surface area contributed by atoms with E-state index in [0.717, 1.165) is 31.7 Å². The molecule has 0 spiro atoms. The first-order valence-corrected chi connectivity index (χ1v) is 6.00. The molecule has 0 bridgehead atoms. The second-order valence-electron chi connectivity index (χ2n) is 4.19. The van der Waals surface area contributed by atoms with Gasteiger partial charge < -0.3 is 5.32 Å². The maximum atomic E-state index is 4.57. The lowest BCUT2D eigenvalue weighted by Gasteiger charge is -2.06. The van der Waals surface area contributed by atoms with Crippen molar-refractivity contribution in [2.24, 2.45) is 0 Å². The van der Waals surface area contributed by atoms with E-state index in [4.69, 9.17) is 0 Å². The van der Waals surface area contributed by atoms with Gasteiger partial charge >= 0.3 is 0 Å². The Morgan fingerprint density at radius 3 is 2.62 bits per heavy atom. The average molecular weight is 221 g/mol. The number of hydrogen-bond acceptors (Lipinski definition) is 2. The molecule has 0 radical (unpaired) electrons. The predicted octanol–water partition coefficient (Wildman–Crippen LogP) is 2.58. The van der Waals surface area contributed by atoms with E-state index in [-0.39, 0.29) is 0 Å². The number of nitrogens with zero attached hydrogens (tertiary/aromatic N) is 2. The van der Waals surface area contributed by atoms with Crippen LogP contribution in [0.4, 0.5) is 0 Å². The van der Waals surface area contributed by atoms with E-state index in [9.17, 15) is 0 Å². The minimum Gasteiger partial charge on any atom is -0.313 e. The zero-order chi connectivity index (χ0) is 12.1. The summed E-state index contributed by atoms with van der Waals surface area (Å²) in [6.07, 6.45) is 1.01. The molecule has 0 amide bonds. The first kappa shape index (κ1) is 13.0. The Hall–Kier alpha value is -1.09. The van der Waals surface area contributed by atoms with E-state index in [0.29, 0.717) is 0 Å². The van der Waals surface area contributed by atoms with Gasteiger partial charge in [-0.25, -0.2) is 0 Å². The first-order valence-electron chi connectivity index (χ1n) is 6.00. The van der Waals surface area contributed by atoms with Crippen LogP contribution < -0.4 is 5.32 Å². The highest BCUT2D eigenvalue weighted by Gasteiger charge is 2.10. The molecule has 0 atom stereocenters. The van der Waals surface area contributed by atoms with Crippen LogP contribution in [0.3, 0.4) is 0 Å².